The van der Waals surface area contributed by atoms with Crippen LogP contribution in [-0.2, 0) is 0 Å². The summed E-state index contributed by atoms with van der Waals surface area (Å²) in [4.78, 5) is 22.0. The molecule has 2 rings (SSSR count). The number of benzene rings is 1. The van der Waals surface area contributed by atoms with Gasteiger partial charge in [-0.05, 0) is 24.1 Å². The molecule has 0 bridgehead atoms. The number of carbonyl (C=O) groups excluding carboxylic acids is 1. The fourth-order valence-corrected chi connectivity index (χ4v) is 1.94. The van der Waals surface area contributed by atoms with E-state index in [9.17, 15) is 14.7 Å². The van der Waals surface area contributed by atoms with Crippen molar-refractivity contribution in [2.24, 2.45) is 0 Å². The van der Waals surface area contributed by atoms with E-state index in [-0.39, 0.29) is 22.9 Å². The van der Waals surface area contributed by atoms with Crippen LogP contribution in [0.1, 0.15) is 46.3 Å². The van der Waals surface area contributed by atoms with Crippen molar-refractivity contribution in [2.45, 2.75) is 19.8 Å². The van der Waals surface area contributed by atoms with Crippen molar-refractivity contribution in [3.63, 3.8) is 0 Å². The number of carboxylic acid groups (broad SMARTS) is 1. The Bertz CT molecular complexity index is 676. The Labute approximate surface area is 114 Å². The highest BCUT2D eigenvalue weighted by Gasteiger charge is 2.18. The van der Waals surface area contributed by atoms with Gasteiger partial charge in [0.1, 0.15) is 17.0 Å². The lowest BCUT2D eigenvalue weighted by molar-refractivity contribution is 0.0693. The second-order valence-corrected chi connectivity index (χ2v) is 4.55. The average molecular weight is 275 g/mol. The maximum absolute atomic E-state index is 11.0. The highest BCUT2D eigenvalue weighted by molar-refractivity contribution is 5.91. The monoisotopic (exact) mass is 275 g/mol. The minimum Gasteiger partial charge on any atom is -0.507 e. The number of carboxylic acids is 1. The molecule has 20 heavy (non-hydrogen) atoms. The van der Waals surface area contributed by atoms with E-state index in [0.29, 0.717) is 17.7 Å². The van der Waals surface area contributed by atoms with Gasteiger partial charge >= 0.3 is 5.97 Å². The number of aldehydes is 1. The molecule has 0 aliphatic heterocycles. The van der Waals surface area contributed by atoms with Gasteiger partial charge in [0.05, 0.1) is 11.4 Å². The molecule has 104 valence electrons. The van der Waals surface area contributed by atoms with Crippen LogP contribution in [0.15, 0.2) is 18.2 Å². The molecule has 0 spiro atoms. The van der Waals surface area contributed by atoms with Crippen LogP contribution in [-0.4, -0.2) is 37.5 Å². The molecular weight excluding hydrogens is 262 g/mol. The molecular formula is C13H13N3O4. The van der Waals surface area contributed by atoms with Gasteiger partial charge in [0.2, 0.25) is 0 Å². The summed E-state index contributed by atoms with van der Waals surface area (Å²) in [5.74, 6) is -1.60. The first-order valence-corrected chi connectivity index (χ1v) is 5.93. The SMILES string of the molecule is CC(C)c1c(C=O)nnn1-c1ccc(O)c(C(=O)O)c1. The summed E-state index contributed by atoms with van der Waals surface area (Å²) in [5, 5.41) is 26.1. The van der Waals surface area contributed by atoms with Crippen LogP contribution in [0.3, 0.4) is 0 Å². The molecule has 0 amide bonds. The number of carbonyl (C=O) groups is 2. The minimum atomic E-state index is -1.24. The van der Waals surface area contributed by atoms with E-state index in [1.54, 1.807) is 0 Å². The van der Waals surface area contributed by atoms with E-state index in [0.717, 1.165) is 0 Å². The molecule has 1 heterocycles. The highest BCUT2D eigenvalue weighted by atomic mass is 16.4. The first-order valence-electron chi connectivity index (χ1n) is 5.93. The third-order valence-corrected chi connectivity index (χ3v) is 2.85. The van der Waals surface area contributed by atoms with Crippen molar-refractivity contribution in [1.82, 2.24) is 15.0 Å². The molecule has 7 heteroatoms. The summed E-state index contributed by atoms with van der Waals surface area (Å²) in [6.07, 6.45) is 0.608. The maximum Gasteiger partial charge on any atom is 0.339 e. The third kappa shape index (κ3) is 2.25. The Morgan fingerprint density at radius 2 is 2.10 bits per heavy atom. The number of aromatic hydroxyl groups is 1. The molecule has 2 aromatic rings. The van der Waals surface area contributed by atoms with Crippen molar-refractivity contribution in [3.05, 3.63) is 35.2 Å². The number of hydrogen-bond acceptors (Lipinski definition) is 5. The van der Waals surface area contributed by atoms with Crippen LogP contribution in [0, 0.1) is 0 Å². The van der Waals surface area contributed by atoms with Gasteiger partial charge in [0.25, 0.3) is 0 Å². The van der Waals surface area contributed by atoms with Crippen molar-refractivity contribution in [2.75, 3.05) is 0 Å². The number of aromatic nitrogens is 3. The third-order valence-electron chi connectivity index (χ3n) is 2.85. The molecule has 0 saturated heterocycles. The summed E-state index contributed by atoms with van der Waals surface area (Å²) in [5.41, 5.74) is 0.983. The first-order chi connectivity index (χ1) is 9.45. The summed E-state index contributed by atoms with van der Waals surface area (Å²) in [6, 6.07) is 4.06. The Morgan fingerprint density at radius 1 is 1.40 bits per heavy atom. The van der Waals surface area contributed by atoms with E-state index < -0.39 is 5.97 Å². The Morgan fingerprint density at radius 3 is 2.65 bits per heavy atom. The first kappa shape index (κ1) is 13.7. The van der Waals surface area contributed by atoms with E-state index in [2.05, 4.69) is 10.3 Å². The van der Waals surface area contributed by atoms with E-state index >= 15 is 0 Å². The molecule has 0 atom stereocenters. The lowest BCUT2D eigenvalue weighted by Gasteiger charge is -2.10. The Kier molecular flexibility index (Phi) is 3.51. The molecule has 2 N–H and O–H groups in total. The summed E-state index contributed by atoms with van der Waals surface area (Å²) >= 11 is 0. The van der Waals surface area contributed by atoms with Crippen molar-refractivity contribution in [1.29, 1.82) is 0 Å². The predicted octanol–water partition coefficient (Wildman–Crippen LogP) is 1.61. The van der Waals surface area contributed by atoms with Crippen molar-refractivity contribution >= 4 is 12.3 Å². The van der Waals surface area contributed by atoms with Crippen LogP contribution in [0.25, 0.3) is 5.69 Å². The number of nitrogens with zero attached hydrogens (tertiary/aromatic N) is 3. The fourth-order valence-electron chi connectivity index (χ4n) is 1.94. The second kappa shape index (κ2) is 5.12. The molecule has 1 aromatic heterocycles. The zero-order valence-corrected chi connectivity index (χ0v) is 10.9. The zero-order chi connectivity index (χ0) is 14.9. The second-order valence-electron chi connectivity index (χ2n) is 4.55. The normalized spacial score (nSPS) is 10.8. The molecule has 0 fully saturated rings. The van der Waals surface area contributed by atoms with Crippen LogP contribution >= 0.6 is 0 Å². The van der Waals surface area contributed by atoms with Gasteiger partial charge in [-0.3, -0.25) is 4.79 Å². The molecule has 0 saturated carbocycles. The number of hydrogen-bond donors (Lipinski definition) is 2. The van der Waals surface area contributed by atoms with Gasteiger partial charge in [0.15, 0.2) is 6.29 Å². The molecule has 0 unspecified atom stereocenters. The van der Waals surface area contributed by atoms with Crippen LogP contribution in [0.4, 0.5) is 0 Å². The predicted molar refractivity (Wildman–Crippen MR) is 69.5 cm³/mol. The maximum atomic E-state index is 11.0. The van der Waals surface area contributed by atoms with Gasteiger partial charge in [-0.15, -0.1) is 5.10 Å². The topological polar surface area (TPSA) is 105 Å². The quantitative estimate of drug-likeness (QED) is 0.821. The Hall–Kier alpha value is -2.70. The Balaban J connectivity index is 2.63. The standard InChI is InChI=1S/C13H13N3O4/c1-7(2)12-10(6-17)14-15-16(12)8-3-4-11(18)9(5-8)13(19)20/h3-7,18H,1-2H3,(H,19,20). The number of aromatic carboxylic acids is 1. The molecule has 0 radical (unpaired) electrons. The molecule has 1 aromatic carbocycles. The summed E-state index contributed by atoms with van der Waals surface area (Å²) < 4.78 is 1.40. The highest BCUT2D eigenvalue weighted by Crippen LogP contribution is 2.24. The molecule has 7 nitrogen and oxygen atoms in total. The molecule has 0 aliphatic rings. The average Bonchev–Trinajstić information content (AvgIpc) is 2.82. The van der Waals surface area contributed by atoms with Crippen molar-refractivity contribution < 1.29 is 19.8 Å². The zero-order valence-electron chi connectivity index (χ0n) is 10.9. The van der Waals surface area contributed by atoms with Gasteiger partial charge < -0.3 is 10.2 Å². The smallest absolute Gasteiger partial charge is 0.339 e. The number of phenols is 1. The van der Waals surface area contributed by atoms with E-state index in [1.807, 2.05) is 13.8 Å². The fraction of sp³-hybridized carbons (Fsp3) is 0.231. The number of rotatable bonds is 4. The van der Waals surface area contributed by atoms with Crippen LogP contribution in [0.2, 0.25) is 0 Å². The lowest BCUT2D eigenvalue weighted by Crippen LogP contribution is -2.07. The van der Waals surface area contributed by atoms with Crippen LogP contribution < -0.4 is 0 Å². The minimum absolute atomic E-state index is 0.0210. The molecule has 0 aliphatic carbocycles. The van der Waals surface area contributed by atoms with Gasteiger partial charge in [-0.2, -0.15) is 0 Å². The van der Waals surface area contributed by atoms with E-state index in [1.165, 1.54) is 22.9 Å². The van der Waals surface area contributed by atoms with Crippen LogP contribution in [0.5, 0.6) is 5.75 Å². The lowest BCUT2D eigenvalue weighted by atomic mass is 10.1. The van der Waals surface area contributed by atoms with Gasteiger partial charge in [0, 0.05) is 0 Å². The van der Waals surface area contributed by atoms with E-state index in [4.69, 9.17) is 5.11 Å². The largest absolute Gasteiger partial charge is 0.507 e. The summed E-state index contributed by atoms with van der Waals surface area (Å²) in [7, 11) is 0. The van der Waals surface area contributed by atoms with Crippen molar-refractivity contribution in [3.8, 4) is 11.4 Å². The summed E-state index contributed by atoms with van der Waals surface area (Å²) in [6.45, 7) is 3.75. The van der Waals surface area contributed by atoms with Gasteiger partial charge in [-0.25, -0.2) is 9.48 Å². The van der Waals surface area contributed by atoms with Gasteiger partial charge in [-0.1, -0.05) is 19.1 Å².